The van der Waals surface area contributed by atoms with Crippen LogP contribution in [-0.4, -0.2) is 4.92 Å². The predicted octanol–water partition coefficient (Wildman–Crippen LogP) is 5.38. The smallest absolute Gasteiger partial charge is 0.274 e. The van der Waals surface area contributed by atoms with Crippen molar-refractivity contribution in [2.75, 3.05) is 5.32 Å². The first-order valence-corrected chi connectivity index (χ1v) is 8.41. The third-order valence-electron chi connectivity index (χ3n) is 5.14. The Morgan fingerprint density at radius 2 is 2.04 bits per heavy atom. The molecule has 0 fully saturated rings. The normalized spacial score (nSPS) is 24.2. The van der Waals surface area contributed by atoms with Gasteiger partial charge in [-0.25, -0.2) is 0 Å². The molecule has 0 saturated heterocycles. The van der Waals surface area contributed by atoms with Crippen molar-refractivity contribution in [3.05, 3.63) is 80.4 Å². The lowest BCUT2D eigenvalue weighted by Gasteiger charge is -2.38. The van der Waals surface area contributed by atoms with Gasteiger partial charge in [-0.2, -0.15) is 0 Å². The minimum atomic E-state index is -0.297. The van der Waals surface area contributed by atoms with E-state index in [-0.39, 0.29) is 28.5 Å². The summed E-state index contributed by atoms with van der Waals surface area (Å²) < 4.78 is 0. The molecule has 0 spiro atoms. The highest BCUT2D eigenvalue weighted by Crippen LogP contribution is 2.53. The average Bonchev–Trinajstić information content (AvgIpc) is 3.06. The number of rotatable bonds is 2. The molecule has 3 atom stereocenters. The van der Waals surface area contributed by atoms with Gasteiger partial charge < -0.3 is 5.32 Å². The van der Waals surface area contributed by atoms with Crippen LogP contribution in [0.4, 0.5) is 11.4 Å². The molecule has 1 N–H and O–H groups in total. The van der Waals surface area contributed by atoms with Gasteiger partial charge in [-0.1, -0.05) is 48.0 Å². The SMILES string of the molecule is Cc1ccc(Cl)c2c1N[C@H](c1ccccc1[N+](=O)[O-])[C@@H]1CC=C[C@H]21. The molecule has 1 heterocycles. The molecule has 2 aromatic carbocycles. The number of hydrogen-bond donors (Lipinski definition) is 1. The van der Waals surface area contributed by atoms with Gasteiger partial charge in [0.15, 0.2) is 0 Å². The third kappa shape index (κ3) is 2.21. The Kier molecular flexibility index (Phi) is 3.57. The zero-order valence-electron chi connectivity index (χ0n) is 13.2. The molecule has 2 aliphatic rings. The van der Waals surface area contributed by atoms with Crippen LogP contribution in [0.3, 0.4) is 0 Å². The third-order valence-corrected chi connectivity index (χ3v) is 5.47. The summed E-state index contributed by atoms with van der Waals surface area (Å²) in [5.41, 5.74) is 4.15. The number of halogens is 1. The van der Waals surface area contributed by atoms with E-state index in [1.54, 1.807) is 12.1 Å². The molecular weight excluding hydrogens is 324 g/mol. The first kappa shape index (κ1) is 15.2. The second kappa shape index (κ2) is 5.64. The molecule has 1 aliphatic heterocycles. The van der Waals surface area contributed by atoms with E-state index >= 15 is 0 Å². The van der Waals surface area contributed by atoms with E-state index in [0.717, 1.165) is 33.8 Å². The number of nitrogens with zero attached hydrogens (tertiary/aromatic N) is 1. The summed E-state index contributed by atoms with van der Waals surface area (Å²) in [6.07, 6.45) is 5.24. The van der Waals surface area contributed by atoms with Crippen molar-refractivity contribution in [2.24, 2.45) is 5.92 Å². The molecule has 4 rings (SSSR count). The van der Waals surface area contributed by atoms with Crippen molar-refractivity contribution in [1.29, 1.82) is 0 Å². The molecule has 1 aliphatic carbocycles. The number of fused-ring (bicyclic) bond motifs is 3. The summed E-state index contributed by atoms with van der Waals surface area (Å²) in [4.78, 5) is 11.2. The number of anilines is 1. The lowest BCUT2D eigenvalue weighted by Crippen LogP contribution is -2.30. The molecule has 5 heteroatoms. The Bertz CT molecular complexity index is 862. The molecule has 0 unspecified atom stereocenters. The second-order valence-electron chi connectivity index (χ2n) is 6.44. The predicted molar refractivity (Wildman–Crippen MR) is 95.6 cm³/mol. The summed E-state index contributed by atoms with van der Waals surface area (Å²) in [7, 11) is 0. The maximum absolute atomic E-state index is 11.5. The fraction of sp³-hybridized carbons (Fsp3) is 0.263. The highest BCUT2D eigenvalue weighted by atomic mass is 35.5. The minimum absolute atomic E-state index is 0.101. The van der Waals surface area contributed by atoms with Crippen LogP contribution in [0.1, 0.15) is 35.1 Å². The van der Waals surface area contributed by atoms with Gasteiger partial charge >= 0.3 is 0 Å². The Balaban J connectivity index is 1.88. The number of benzene rings is 2. The molecule has 0 aromatic heterocycles. The maximum Gasteiger partial charge on any atom is 0.274 e. The van der Waals surface area contributed by atoms with E-state index in [9.17, 15) is 10.1 Å². The topological polar surface area (TPSA) is 55.2 Å². The number of para-hydroxylation sites is 1. The molecule has 0 bridgehead atoms. The van der Waals surface area contributed by atoms with Gasteiger partial charge in [0.2, 0.25) is 0 Å². The van der Waals surface area contributed by atoms with Crippen LogP contribution >= 0.6 is 11.6 Å². The monoisotopic (exact) mass is 340 g/mol. The van der Waals surface area contributed by atoms with Crippen molar-refractivity contribution < 1.29 is 4.92 Å². The lowest BCUT2D eigenvalue weighted by atomic mass is 9.76. The van der Waals surface area contributed by atoms with Crippen LogP contribution in [0, 0.1) is 23.0 Å². The van der Waals surface area contributed by atoms with Gasteiger partial charge in [-0.05, 0) is 30.9 Å². The summed E-state index contributed by atoms with van der Waals surface area (Å²) >= 11 is 6.47. The summed E-state index contributed by atoms with van der Waals surface area (Å²) in [5, 5.41) is 15.8. The highest BCUT2D eigenvalue weighted by molar-refractivity contribution is 6.32. The number of nitro benzene ring substituents is 1. The average molecular weight is 341 g/mol. The summed E-state index contributed by atoms with van der Waals surface area (Å²) in [6, 6.07) is 10.8. The Labute approximate surface area is 145 Å². The molecule has 0 saturated carbocycles. The van der Waals surface area contributed by atoms with Gasteiger partial charge in [0.25, 0.3) is 5.69 Å². The standard InChI is InChI=1S/C19H17ClN2O2/c1-11-9-10-15(20)17-12-6-4-7-13(12)19(21-18(11)17)14-5-2-3-8-16(14)22(23)24/h2-6,8-10,12-13,19,21H,7H2,1H3/t12-,13+,19-/m0/s1. The first-order valence-electron chi connectivity index (χ1n) is 8.03. The molecular formula is C19H17ClN2O2. The second-order valence-corrected chi connectivity index (χ2v) is 6.85. The quantitative estimate of drug-likeness (QED) is 0.453. The Morgan fingerprint density at radius 3 is 2.83 bits per heavy atom. The molecule has 0 amide bonds. The molecule has 122 valence electrons. The van der Waals surface area contributed by atoms with Crippen LogP contribution in [0.5, 0.6) is 0 Å². The van der Waals surface area contributed by atoms with E-state index in [0.29, 0.717) is 0 Å². The zero-order chi connectivity index (χ0) is 16.8. The van der Waals surface area contributed by atoms with Crippen LogP contribution < -0.4 is 5.32 Å². The zero-order valence-corrected chi connectivity index (χ0v) is 14.0. The number of hydrogen-bond acceptors (Lipinski definition) is 3. The van der Waals surface area contributed by atoms with Crippen LogP contribution in [0.25, 0.3) is 0 Å². The van der Waals surface area contributed by atoms with Crippen LogP contribution in [0.2, 0.25) is 5.02 Å². The molecule has 24 heavy (non-hydrogen) atoms. The number of nitrogens with one attached hydrogen (secondary N) is 1. The fourth-order valence-electron chi connectivity index (χ4n) is 4.03. The van der Waals surface area contributed by atoms with Gasteiger partial charge in [-0.15, -0.1) is 0 Å². The van der Waals surface area contributed by atoms with Crippen molar-refractivity contribution in [3.63, 3.8) is 0 Å². The lowest BCUT2D eigenvalue weighted by molar-refractivity contribution is -0.385. The Hall–Kier alpha value is -2.33. The van der Waals surface area contributed by atoms with Crippen LogP contribution in [0.15, 0.2) is 48.6 Å². The molecule has 2 aromatic rings. The van der Waals surface area contributed by atoms with Crippen molar-refractivity contribution in [3.8, 4) is 0 Å². The number of nitro groups is 1. The van der Waals surface area contributed by atoms with Gasteiger partial charge in [-0.3, -0.25) is 10.1 Å². The van der Waals surface area contributed by atoms with Crippen molar-refractivity contribution in [1.82, 2.24) is 0 Å². The Morgan fingerprint density at radius 1 is 1.25 bits per heavy atom. The summed E-state index contributed by atoms with van der Waals surface area (Å²) in [5.74, 6) is 0.427. The molecule has 0 radical (unpaired) electrons. The van der Waals surface area contributed by atoms with E-state index in [1.807, 2.05) is 31.2 Å². The van der Waals surface area contributed by atoms with E-state index in [2.05, 4.69) is 17.5 Å². The van der Waals surface area contributed by atoms with Crippen molar-refractivity contribution >= 4 is 23.0 Å². The number of aryl methyl sites for hydroxylation is 1. The minimum Gasteiger partial charge on any atom is -0.377 e. The molecule has 4 nitrogen and oxygen atoms in total. The fourth-order valence-corrected chi connectivity index (χ4v) is 4.32. The van der Waals surface area contributed by atoms with Gasteiger partial charge in [0.05, 0.1) is 16.5 Å². The summed E-state index contributed by atoms with van der Waals surface area (Å²) in [6.45, 7) is 2.04. The highest BCUT2D eigenvalue weighted by Gasteiger charge is 2.41. The van der Waals surface area contributed by atoms with E-state index in [4.69, 9.17) is 11.6 Å². The van der Waals surface area contributed by atoms with E-state index in [1.165, 1.54) is 0 Å². The maximum atomic E-state index is 11.5. The largest absolute Gasteiger partial charge is 0.377 e. The van der Waals surface area contributed by atoms with Crippen LogP contribution in [-0.2, 0) is 0 Å². The van der Waals surface area contributed by atoms with Gasteiger partial charge in [0.1, 0.15) is 0 Å². The first-order chi connectivity index (χ1) is 11.6. The number of allylic oxidation sites excluding steroid dienone is 2. The van der Waals surface area contributed by atoms with E-state index < -0.39 is 0 Å². The van der Waals surface area contributed by atoms with Gasteiger partial charge in [0, 0.05) is 28.3 Å². The van der Waals surface area contributed by atoms with Crippen molar-refractivity contribution in [2.45, 2.75) is 25.3 Å².